The second-order valence-electron chi connectivity index (χ2n) is 28.6. The molecule has 5 heteroatoms. The van der Waals surface area contributed by atoms with Crippen molar-refractivity contribution < 1.29 is 4.79 Å². The van der Waals surface area contributed by atoms with Crippen LogP contribution in [0.15, 0.2) is 96.7 Å². The van der Waals surface area contributed by atoms with Gasteiger partial charge in [-0.15, -0.1) is 0 Å². The summed E-state index contributed by atoms with van der Waals surface area (Å²) in [5.74, 6) is 2.08. The van der Waals surface area contributed by atoms with Crippen LogP contribution in [0.3, 0.4) is 0 Å². The van der Waals surface area contributed by atoms with Crippen molar-refractivity contribution in [3.63, 3.8) is 0 Å². The SMILES string of the molecule is CCCCC/C=C\C/C=C\CCCCCCCCC(CCCCCCCC/C=C(\C/C=C\CCCCC)C(/C=C\CCCCC)/C=C\CCCCCCCCC(CCCCCCCC/C=C\C/C=C\CCCCC)CN(C)CCN(C)C)CNC(=O)CCN(C)C. The molecule has 1 N–H and O–H groups in total. The summed E-state index contributed by atoms with van der Waals surface area (Å²) in [6.07, 6.45) is 104. The van der Waals surface area contributed by atoms with Crippen LogP contribution in [-0.2, 0) is 4.79 Å². The summed E-state index contributed by atoms with van der Waals surface area (Å²) in [6, 6.07) is 0. The van der Waals surface area contributed by atoms with E-state index in [4.69, 9.17) is 0 Å². The van der Waals surface area contributed by atoms with Gasteiger partial charge in [0, 0.05) is 45.1 Å². The number of hydrogen-bond acceptors (Lipinski definition) is 4. The first-order chi connectivity index (χ1) is 44.7. The van der Waals surface area contributed by atoms with Crippen LogP contribution in [0.1, 0.15) is 362 Å². The third-order valence-corrected chi connectivity index (χ3v) is 18.8. The van der Waals surface area contributed by atoms with Gasteiger partial charge < -0.3 is 20.0 Å². The monoisotopic (exact) mass is 1270 g/mol. The summed E-state index contributed by atoms with van der Waals surface area (Å²) >= 11 is 0. The summed E-state index contributed by atoms with van der Waals surface area (Å²) in [6.45, 7) is 14.5. The third-order valence-electron chi connectivity index (χ3n) is 18.8. The first-order valence-corrected chi connectivity index (χ1v) is 40.2. The first-order valence-electron chi connectivity index (χ1n) is 40.2. The fourth-order valence-corrected chi connectivity index (χ4v) is 12.6. The van der Waals surface area contributed by atoms with Crippen LogP contribution in [0.5, 0.6) is 0 Å². The van der Waals surface area contributed by atoms with Gasteiger partial charge in [-0.2, -0.15) is 0 Å². The minimum atomic E-state index is 0.218. The van der Waals surface area contributed by atoms with Gasteiger partial charge in [-0.05, 0) is 195 Å². The van der Waals surface area contributed by atoms with Gasteiger partial charge in [0.05, 0.1) is 0 Å². The lowest BCUT2D eigenvalue weighted by atomic mass is 9.92. The molecule has 0 aromatic heterocycles. The van der Waals surface area contributed by atoms with Crippen LogP contribution in [0.2, 0.25) is 0 Å². The van der Waals surface area contributed by atoms with Crippen molar-refractivity contribution in [3.8, 4) is 0 Å². The molecule has 0 radical (unpaired) electrons. The van der Waals surface area contributed by atoms with Gasteiger partial charge in [0.15, 0.2) is 0 Å². The molecule has 3 atom stereocenters. The maximum Gasteiger partial charge on any atom is 0.221 e. The molecule has 0 fully saturated rings. The van der Waals surface area contributed by atoms with Crippen LogP contribution in [0.25, 0.3) is 0 Å². The number of likely N-dealkylation sites (N-methyl/N-ethyl adjacent to an activating group) is 2. The highest BCUT2D eigenvalue weighted by atomic mass is 16.1. The molecule has 0 aliphatic carbocycles. The Kier molecular flexibility index (Phi) is 70.9. The maximum absolute atomic E-state index is 12.7. The molecule has 0 heterocycles. The first kappa shape index (κ1) is 88.3. The Labute approximate surface area is 571 Å². The number of carbonyl (C=O) groups excluding carboxylic acids is 1. The average molecular weight is 1270 g/mol. The van der Waals surface area contributed by atoms with E-state index in [9.17, 15) is 4.79 Å². The molecule has 91 heavy (non-hydrogen) atoms. The van der Waals surface area contributed by atoms with Crippen LogP contribution in [0.4, 0.5) is 0 Å². The molecular weight excluding hydrogens is 1100 g/mol. The number of carbonyl (C=O) groups is 1. The summed E-state index contributed by atoms with van der Waals surface area (Å²) < 4.78 is 0. The summed E-state index contributed by atoms with van der Waals surface area (Å²) in [7, 11) is 10.9. The van der Waals surface area contributed by atoms with Crippen LogP contribution in [0, 0.1) is 17.8 Å². The molecule has 5 nitrogen and oxygen atoms in total. The average Bonchev–Trinajstić information content (AvgIpc) is 3.48. The van der Waals surface area contributed by atoms with Crippen molar-refractivity contribution in [2.75, 3.05) is 68.0 Å². The van der Waals surface area contributed by atoms with Crippen LogP contribution >= 0.6 is 0 Å². The molecule has 0 bridgehead atoms. The van der Waals surface area contributed by atoms with Crippen molar-refractivity contribution >= 4 is 5.91 Å². The minimum absolute atomic E-state index is 0.218. The van der Waals surface area contributed by atoms with E-state index in [-0.39, 0.29) is 5.91 Å². The Morgan fingerprint density at radius 1 is 0.341 bits per heavy atom. The van der Waals surface area contributed by atoms with Crippen molar-refractivity contribution in [1.29, 1.82) is 0 Å². The van der Waals surface area contributed by atoms with E-state index in [0.717, 1.165) is 44.8 Å². The molecule has 0 aliphatic heterocycles. The molecule has 1 amide bonds. The Hall–Kier alpha value is -2.73. The van der Waals surface area contributed by atoms with E-state index in [1.165, 1.54) is 321 Å². The second-order valence-corrected chi connectivity index (χ2v) is 28.6. The zero-order valence-electron chi connectivity index (χ0n) is 62.9. The number of hydrogen-bond donors (Lipinski definition) is 1. The van der Waals surface area contributed by atoms with Gasteiger partial charge in [-0.25, -0.2) is 0 Å². The van der Waals surface area contributed by atoms with Gasteiger partial charge in [-0.1, -0.05) is 304 Å². The van der Waals surface area contributed by atoms with E-state index in [2.05, 4.69) is 174 Å². The minimum Gasteiger partial charge on any atom is -0.356 e. The molecule has 0 saturated heterocycles. The number of nitrogens with one attached hydrogen (secondary N) is 1. The van der Waals surface area contributed by atoms with E-state index in [1.807, 2.05) is 0 Å². The maximum atomic E-state index is 12.7. The van der Waals surface area contributed by atoms with Gasteiger partial charge in [0.1, 0.15) is 0 Å². The van der Waals surface area contributed by atoms with Gasteiger partial charge >= 0.3 is 0 Å². The highest BCUT2D eigenvalue weighted by Gasteiger charge is 2.14. The summed E-state index contributed by atoms with van der Waals surface area (Å²) in [4.78, 5) is 19.8. The number of rotatable bonds is 71. The highest BCUT2D eigenvalue weighted by molar-refractivity contribution is 5.76. The van der Waals surface area contributed by atoms with Gasteiger partial charge in [0.25, 0.3) is 0 Å². The quantitative estimate of drug-likeness (QED) is 0.0487. The summed E-state index contributed by atoms with van der Waals surface area (Å²) in [5, 5.41) is 3.33. The standard InChI is InChI=1S/C86H160N4O/c1-10-14-18-22-25-27-29-31-33-35-37-39-41-46-53-60-68-82(80-87-86(91)76-77-88(5)6)69-61-54-49-45-51-59-67-75-85(73-65-57-24-20-16-12-3)84(72-64-52-21-17-13-4)74-66-58-50-44-43-48-56-63-71-83(81-90(9)79-78-89(7)8)70-62-55-47-42-40-38-36-34-32-30-28-26-23-19-15-11-2/h25-28,31-34,57,64-66,72,74-75,82-84H,10-24,29-30,35-56,58-63,67-71,73,76-81H2,1-9H3,(H,87,91)/b27-25-,28-26-,33-31-,34-32-,65-57-,72-64-,74-66-,85-75+. The van der Waals surface area contributed by atoms with Crippen LogP contribution in [-0.4, -0.2) is 88.6 Å². The topological polar surface area (TPSA) is 38.8 Å². The molecule has 0 saturated carbocycles. The second kappa shape index (κ2) is 73.1. The van der Waals surface area contributed by atoms with E-state index < -0.39 is 0 Å². The number of nitrogens with zero attached hydrogens (tertiary/aromatic N) is 3. The largest absolute Gasteiger partial charge is 0.356 e. The molecule has 0 rings (SSSR count). The number of unbranched alkanes of at least 4 members (excludes halogenated alkanes) is 36. The Bertz CT molecular complexity index is 1730. The lowest BCUT2D eigenvalue weighted by Gasteiger charge is -2.25. The van der Waals surface area contributed by atoms with Crippen molar-refractivity contribution in [2.24, 2.45) is 17.8 Å². The van der Waals surface area contributed by atoms with Gasteiger partial charge in [0.2, 0.25) is 5.91 Å². The fraction of sp³-hybridized carbons (Fsp3) is 0.802. The number of amides is 1. The van der Waals surface area contributed by atoms with Crippen molar-refractivity contribution in [2.45, 2.75) is 362 Å². The molecule has 530 valence electrons. The molecule has 0 aromatic rings. The van der Waals surface area contributed by atoms with E-state index in [0.29, 0.717) is 18.3 Å². The third kappa shape index (κ3) is 68.5. The lowest BCUT2D eigenvalue weighted by molar-refractivity contribution is -0.121. The zero-order chi connectivity index (χ0) is 66.2. The predicted octanol–water partition coefficient (Wildman–Crippen LogP) is 26.2. The zero-order valence-corrected chi connectivity index (χ0v) is 62.9. The van der Waals surface area contributed by atoms with Crippen LogP contribution < -0.4 is 5.32 Å². The van der Waals surface area contributed by atoms with Crippen molar-refractivity contribution in [1.82, 2.24) is 20.0 Å². The number of allylic oxidation sites excluding steroid dienone is 16. The lowest BCUT2D eigenvalue weighted by Crippen LogP contribution is -2.32. The molecular formula is C86H160N4O. The predicted molar refractivity (Wildman–Crippen MR) is 413 cm³/mol. The Morgan fingerprint density at radius 3 is 1.05 bits per heavy atom. The van der Waals surface area contributed by atoms with Gasteiger partial charge in [-0.3, -0.25) is 4.79 Å². The molecule has 3 unspecified atom stereocenters. The fourth-order valence-electron chi connectivity index (χ4n) is 12.6. The van der Waals surface area contributed by atoms with E-state index in [1.54, 1.807) is 5.57 Å². The van der Waals surface area contributed by atoms with E-state index >= 15 is 0 Å². The highest BCUT2D eigenvalue weighted by Crippen LogP contribution is 2.25. The smallest absolute Gasteiger partial charge is 0.221 e. The summed E-state index contributed by atoms with van der Waals surface area (Å²) in [5.41, 5.74) is 1.61. The molecule has 0 spiro atoms. The Balaban J connectivity index is 5.17. The Morgan fingerprint density at radius 2 is 0.670 bits per heavy atom. The van der Waals surface area contributed by atoms with Crippen molar-refractivity contribution in [3.05, 3.63) is 96.7 Å². The molecule has 0 aromatic carbocycles. The molecule has 0 aliphatic rings. The normalized spacial score (nSPS) is 13.8.